The smallest absolute Gasteiger partial charge is 0.211 e. The van der Waals surface area contributed by atoms with Crippen molar-refractivity contribution in [1.82, 2.24) is 4.72 Å². The highest BCUT2D eigenvalue weighted by molar-refractivity contribution is 7.89. The molecular formula is C16H18FNO2S. The number of sulfonamides is 1. The van der Waals surface area contributed by atoms with Gasteiger partial charge in [0, 0.05) is 12.1 Å². The number of rotatable bonds is 7. The van der Waals surface area contributed by atoms with Crippen LogP contribution in [-0.4, -0.2) is 14.2 Å². The summed E-state index contributed by atoms with van der Waals surface area (Å²) in [6.07, 6.45) is 1.25. The van der Waals surface area contributed by atoms with Crippen LogP contribution in [0.4, 0.5) is 4.39 Å². The third-order valence-electron chi connectivity index (χ3n) is 3.16. The predicted molar refractivity (Wildman–Crippen MR) is 81.8 cm³/mol. The maximum atomic E-state index is 13.4. The molecular weight excluding hydrogens is 289 g/mol. The maximum absolute atomic E-state index is 13.4. The number of hydrogen-bond donors (Lipinski definition) is 1. The molecule has 2 aromatic rings. The molecule has 2 aromatic carbocycles. The Morgan fingerprint density at radius 3 is 2.33 bits per heavy atom. The van der Waals surface area contributed by atoms with Crippen molar-refractivity contribution in [2.75, 3.05) is 5.75 Å². The summed E-state index contributed by atoms with van der Waals surface area (Å²) in [5.41, 5.74) is 1.46. The van der Waals surface area contributed by atoms with Gasteiger partial charge in [-0.15, -0.1) is 0 Å². The lowest BCUT2D eigenvalue weighted by Crippen LogP contribution is -2.26. The fourth-order valence-electron chi connectivity index (χ4n) is 2.01. The molecule has 0 atom stereocenters. The largest absolute Gasteiger partial charge is 0.212 e. The van der Waals surface area contributed by atoms with Crippen LogP contribution in [0.2, 0.25) is 0 Å². The molecule has 0 fully saturated rings. The Kier molecular flexibility index (Phi) is 5.47. The van der Waals surface area contributed by atoms with Crippen molar-refractivity contribution < 1.29 is 12.8 Å². The first kappa shape index (κ1) is 15.7. The first-order valence-corrected chi connectivity index (χ1v) is 8.47. The molecule has 5 heteroatoms. The second kappa shape index (κ2) is 7.33. The Morgan fingerprint density at radius 1 is 0.952 bits per heavy atom. The number of aryl methyl sites for hydroxylation is 1. The van der Waals surface area contributed by atoms with Gasteiger partial charge in [0.05, 0.1) is 5.75 Å². The molecule has 2 rings (SSSR count). The highest BCUT2D eigenvalue weighted by Crippen LogP contribution is 2.07. The van der Waals surface area contributed by atoms with Gasteiger partial charge in [-0.2, -0.15) is 0 Å². The molecule has 0 radical (unpaired) electrons. The van der Waals surface area contributed by atoms with Gasteiger partial charge in [0.15, 0.2) is 0 Å². The summed E-state index contributed by atoms with van der Waals surface area (Å²) in [6.45, 7) is -0.0135. The van der Waals surface area contributed by atoms with Crippen molar-refractivity contribution in [3.8, 4) is 0 Å². The first-order chi connectivity index (χ1) is 10.1. The van der Waals surface area contributed by atoms with E-state index in [1.807, 2.05) is 30.3 Å². The normalized spacial score (nSPS) is 11.5. The average Bonchev–Trinajstić information content (AvgIpc) is 2.47. The Bertz CT molecular complexity index is 672. The van der Waals surface area contributed by atoms with Crippen molar-refractivity contribution in [2.45, 2.75) is 19.4 Å². The lowest BCUT2D eigenvalue weighted by atomic mass is 10.1. The molecule has 0 aromatic heterocycles. The molecule has 0 saturated carbocycles. The summed E-state index contributed by atoms with van der Waals surface area (Å²) in [6, 6.07) is 15.9. The van der Waals surface area contributed by atoms with Gasteiger partial charge in [0.25, 0.3) is 0 Å². The predicted octanol–water partition coefficient (Wildman–Crippen LogP) is 2.88. The van der Waals surface area contributed by atoms with E-state index in [1.54, 1.807) is 18.2 Å². The van der Waals surface area contributed by atoms with Crippen LogP contribution in [0.25, 0.3) is 0 Å². The number of benzene rings is 2. The van der Waals surface area contributed by atoms with Crippen LogP contribution in [0, 0.1) is 5.82 Å². The summed E-state index contributed by atoms with van der Waals surface area (Å²) < 4.78 is 39.6. The third-order valence-corrected chi connectivity index (χ3v) is 4.57. The molecule has 1 N–H and O–H groups in total. The van der Waals surface area contributed by atoms with Crippen LogP contribution in [-0.2, 0) is 23.0 Å². The number of nitrogens with one attached hydrogen (secondary N) is 1. The van der Waals surface area contributed by atoms with Gasteiger partial charge >= 0.3 is 0 Å². The van der Waals surface area contributed by atoms with E-state index in [4.69, 9.17) is 0 Å². The van der Waals surface area contributed by atoms with E-state index >= 15 is 0 Å². The molecule has 0 unspecified atom stereocenters. The maximum Gasteiger partial charge on any atom is 0.211 e. The fraction of sp³-hybridized carbons (Fsp3) is 0.250. The van der Waals surface area contributed by atoms with Gasteiger partial charge in [-0.3, -0.25) is 0 Å². The van der Waals surface area contributed by atoms with E-state index in [9.17, 15) is 12.8 Å². The van der Waals surface area contributed by atoms with Crippen molar-refractivity contribution in [3.63, 3.8) is 0 Å². The van der Waals surface area contributed by atoms with Crippen molar-refractivity contribution in [1.29, 1.82) is 0 Å². The van der Waals surface area contributed by atoms with Gasteiger partial charge in [0.2, 0.25) is 10.0 Å². The van der Waals surface area contributed by atoms with Crippen LogP contribution in [0.15, 0.2) is 54.6 Å². The summed E-state index contributed by atoms with van der Waals surface area (Å²) in [5.74, 6) is -0.361. The zero-order valence-corrected chi connectivity index (χ0v) is 12.4. The molecule has 3 nitrogen and oxygen atoms in total. The van der Waals surface area contributed by atoms with E-state index in [-0.39, 0.29) is 12.3 Å². The fourth-order valence-corrected chi connectivity index (χ4v) is 3.06. The molecule has 0 aliphatic rings. The number of hydrogen-bond acceptors (Lipinski definition) is 2. The molecule has 112 valence electrons. The van der Waals surface area contributed by atoms with Gasteiger partial charge in [-0.05, 0) is 24.5 Å². The molecule has 0 amide bonds. The van der Waals surface area contributed by atoms with Crippen molar-refractivity contribution in [2.24, 2.45) is 0 Å². The quantitative estimate of drug-likeness (QED) is 0.855. The Balaban J connectivity index is 1.81. The van der Waals surface area contributed by atoms with Crippen LogP contribution >= 0.6 is 0 Å². The molecule has 0 bridgehead atoms. The third kappa shape index (κ3) is 5.28. The Hall–Kier alpha value is -1.72. The molecule has 0 aliphatic carbocycles. The van der Waals surface area contributed by atoms with Crippen molar-refractivity contribution in [3.05, 3.63) is 71.5 Å². The lowest BCUT2D eigenvalue weighted by Gasteiger charge is -2.07. The van der Waals surface area contributed by atoms with Crippen LogP contribution in [0.1, 0.15) is 17.5 Å². The lowest BCUT2D eigenvalue weighted by molar-refractivity contribution is 0.572. The van der Waals surface area contributed by atoms with E-state index in [0.717, 1.165) is 5.56 Å². The second-order valence-corrected chi connectivity index (χ2v) is 6.75. The minimum absolute atomic E-state index is 0.0135. The van der Waals surface area contributed by atoms with Gasteiger partial charge < -0.3 is 0 Å². The molecule has 0 aliphatic heterocycles. The standard InChI is InChI=1S/C16H18FNO2S/c17-16-11-5-4-10-15(16)13-18-21(19,20)12-6-9-14-7-2-1-3-8-14/h1-5,7-8,10-11,18H,6,9,12-13H2. The topological polar surface area (TPSA) is 46.2 Å². The average molecular weight is 307 g/mol. The molecule has 21 heavy (non-hydrogen) atoms. The summed E-state index contributed by atoms with van der Waals surface area (Å²) in [4.78, 5) is 0. The van der Waals surface area contributed by atoms with Crippen molar-refractivity contribution >= 4 is 10.0 Å². The zero-order chi connectivity index (χ0) is 15.1. The van der Waals surface area contributed by atoms with Gasteiger partial charge in [-0.25, -0.2) is 17.5 Å². The van der Waals surface area contributed by atoms with Crippen LogP contribution < -0.4 is 4.72 Å². The second-order valence-electron chi connectivity index (χ2n) is 4.82. The Labute approximate surface area is 124 Å². The summed E-state index contributed by atoms with van der Waals surface area (Å²) >= 11 is 0. The minimum atomic E-state index is -3.38. The highest BCUT2D eigenvalue weighted by Gasteiger charge is 2.11. The molecule has 0 heterocycles. The summed E-state index contributed by atoms with van der Waals surface area (Å²) in [7, 11) is -3.38. The van der Waals surface area contributed by atoms with Gasteiger partial charge in [0.1, 0.15) is 5.82 Å². The Morgan fingerprint density at radius 2 is 1.62 bits per heavy atom. The SMILES string of the molecule is O=S(=O)(CCCc1ccccc1)NCc1ccccc1F. The van der Waals surface area contributed by atoms with E-state index in [1.165, 1.54) is 6.07 Å². The van der Waals surface area contributed by atoms with E-state index < -0.39 is 15.8 Å². The van der Waals surface area contributed by atoms with E-state index in [2.05, 4.69) is 4.72 Å². The van der Waals surface area contributed by atoms with Gasteiger partial charge in [-0.1, -0.05) is 48.5 Å². The van der Waals surface area contributed by atoms with Crippen LogP contribution in [0.3, 0.4) is 0 Å². The number of halogens is 1. The zero-order valence-electron chi connectivity index (χ0n) is 11.6. The van der Waals surface area contributed by atoms with E-state index in [0.29, 0.717) is 18.4 Å². The minimum Gasteiger partial charge on any atom is -0.212 e. The van der Waals surface area contributed by atoms with Crippen LogP contribution in [0.5, 0.6) is 0 Å². The first-order valence-electron chi connectivity index (χ1n) is 6.81. The highest BCUT2D eigenvalue weighted by atomic mass is 32.2. The molecule has 0 spiro atoms. The molecule has 0 saturated heterocycles. The summed E-state index contributed by atoms with van der Waals surface area (Å²) in [5, 5.41) is 0. The monoisotopic (exact) mass is 307 g/mol.